The molecule has 0 radical (unpaired) electrons. The minimum absolute atomic E-state index is 0.0686. The number of nitriles is 1. The van der Waals surface area contributed by atoms with Gasteiger partial charge in [-0.25, -0.2) is 4.79 Å². The maximum Gasteiger partial charge on any atom is 0.337 e. The maximum absolute atomic E-state index is 12.0. The minimum atomic E-state index is -0.495. The number of esters is 1. The molecule has 0 unspecified atom stereocenters. The lowest BCUT2D eigenvalue weighted by Gasteiger charge is -2.06. The van der Waals surface area contributed by atoms with E-state index in [0.717, 1.165) is 5.56 Å². The number of pyridine rings is 1. The molecule has 7 nitrogen and oxygen atoms in total. The first-order chi connectivity index (χ1) is 12.1. The van der Waals surface area contributed by atoms with Crippen molar-refractivity contribution in [2.75, 3.05) is 12.4 Å². The number of ether oxygens (including phenoxy) is 1. The third kappa shape index (κ3) is 5.18. The van der Waals surface area contributed by atoms with Gasteiger partial charge in [0.05, 0.1) is 12.7 Å². The summed E-state index contributed by atoms with van der Waals surface area (Å²) in [6.07, 6.45) is 4.59. The highest BCUT2D eigenvalue weighted by atomic mass is 16.5. The van der Waals surface area contributed by atoms with E-state index < -0.39 is 11.9 Å². The molecule has 2 N–H and O–H groups in total. The zero-order chi connectivity index (χ0) is 18.1. The van der Waals surface area contributed by atoms with E-state index in [0.29, 0.717) is 11.3 Å². The van der Waals surface area contributed by atoms with E-state index in [1.807, 2.05) is 12.1 Å². The summed E-state index contributed by atoms with van der Waals surface area (Å²) in [4.78, 5) is 27.3. The van der Waals surface area contributed by atoms with Crippen molar-refractivity contribution in [2.45, 2.75) is 6.54 Å². The average Bonchev–Trinajstić information content (AvgIpc) is 2.67. The van der Waals surface area contributed by atoms with Gasteiger partial charge < -0.3 is 15.4 Å². The second kappa shape index (κ2) is 8.84. The Balaban J connectivity index is 1.96. The van der Waals surface area contributed by atoms with Gasteiger partial charge in [0.25, 0.3) is 5.91 Å². The van der Waals surface area contributed by atoms with Gasteiger partial charge in [-0.2, -0.15) is 5.26 Å². The Labute approximate surface area is 145 Å². The molecule has 0 aliphatic carbocycles. The lowest BCUT2D eigenvalue weighted by molar-refractivity contribution is -0.117. The van der Waals surface area contributed by atoms with Crippen molar-refractivity contribution in [3.05, 3.63) is 71.7 Å². The summed E-state index contributed by atoms with van der Waals surface area (Å²) in [5.74, 6) is -0.931. The van der Waals surface area contributed by atoms with Crippen LogP contribution in [0.15, 0.2) is 60.6 Å². The Morgan fingerprint density at radius 1 is 1.28 bits per heavy atom. The summed E-state index contributed by atoms with van der Waals surface area (Å²) >= 11 is 0. The Bertz CT molecular complexity index is 808. The van der Waals surface area contributed by atoms with Crippen molar-refractivity contribution in [2.24, 2.45) is 0 Å². The maximum atomic E-state index is 12.0. The first-order valence-electron chi connectivity index (χ1n) is 7.36. The molecular weight excluding hydrogens is 320 g/mol. The summed E-state index contributed by atoms with van der Waals surface area (Å²) in [5, 5.41) is 14.6. The Hall–Kier alpha value is -3.66. The van der Waals surface area contributed by atoms with Crippen molar-refractivity contribution < 1.29 is 14.3 Å². The fourth-order valence-corrected chi connectivity index (χ4v) is 1.90. The van der Waals surface area contributed by atoms with Crippen molar-refractivity contribution in [3.8, 4) is 6.07 Å². The highest BCUT2D eigenvalue weighted by molar-refractivity contribution is 5.97. The van der Waals surface area contributed by atoms with Gasteiger partial charge in [-0.3, -0.25) is 9.78 Å². The van der Waals surface area contributed by atoms with Crippen LogP contribution in [0, 0.1) is 11.3 Å². The zero-order valence-electron chi connectivity index (χ0n) is 13.5. The Kier molecular flexibility index (Phi) is 6.25. The predicted octanol–water partition coefficient (Wildman–Crippen LogP) is 2.00. The number of methoxy groups -OCH3 is 1. The number of carbonyl (C=O) groups is 2. The lowest BCUT2D eigenvalue weighted by atomic mass is 10.2. The fraction of sp³-hybridized carbons (Fsp3) is 0.111. The first-order valence-corrected chi connectivity index (χ1v) is 7.36. The molecule has 25 heavy (non-hydrogen) atoms. The van der Waals surface area contributed by atoms with E-state index in [1.165, 1.54) is 13.3 Å². The molecule has 0 aliphatic rings. The van der Waals surface area contributed by atoms with Crippen LogP contribution in [0.4, 0.5) is 5.69 Å². The van der Waals surface area contributed by atoms with Crippen molar-refractivity contribution in [1.29, 1.82) is 5.26 Å². The van der Waals surface area contributed by atoms with Crippen LogP contribution >= 0.6 is 0 Å². The molecule has 0 fully saturated rings. The summed E-state index contributed by atoms with van der Waals surface area (Å²) in [6, 6.07) is 11.9. The number of nitrogens with one attached hydrogen (secondary N) is 2. The van der Waals surface area contributed by atoms with E-state index in [4.69, 9.17) is 5.26 Å². The lowest BCUT2D eigenvalue weighted by Crippen LogP contribution is -2.24. The third-order valence-corrected chi connectivity index (χ3v) is 3.23. The molecule has 1 heterocycles. The molecule has 0 spiro atoms. The van der Waals surface area contributed by atoms with Gasteiger partial charge in [0, 0.05) is 30.8 Å². The predicted molar refractivity (Wildman–Crippen MR) is 91.2 cm³/mol. The average molecular weight is 336 g/mol. The number of nitrogens with zero attached hydrogens (tertiary/aromatic N) is 2. The van der Waals surface area contributed by atoms with E-state index in [9.17, 15) is 9.59 Å². The van der Waals surface area contributed by atoms with Crippen LogP contribution in [0.3, 0.4) is 0 Å². The largest absolute Gasteiger partial charge is 0.465 e. The Morgan fingerprint density at radius 2 is 2.04 bits per heavy atom. The van der Waals surface area contributed by atoms with Crippen LogP contribution in [0.25, 0.3) is 0 Å². The first kappa shape index (κ1) is 17.7. The van der Waals surface area contributed by atoms with Crippen LogP contribution in [0.5, 0.6) is 0 Å². The van der Waals surface area contributed by atoms with Gasteiger partial charge in [-0.15, -0.1) is 0 Å². The molecule has 1 aromatic heterocycles. The van der Waals surface area contributed by atoms with Crippen molar-refractivity contribution >= 4 is 17.6 Å². The Morgan fingerprint density at radius 3 is 2.64 bits per heavy atom. The highest BCUT2D eigenvalue weighted by Gasteiger charge is 2.09. The third-order valence-electron chi connectivity index (χ3n) is 3.23. The van der Waals surface area contributed by atoms with Gasteiger partial charge in [0.15, 0.2) is 0 Å². The molecule has 1 amide bonds. The topological polar surface area (TPSA) is 104 Å². The molecule has 1 aromatic carbocycles. The van der Waals surface area contributed by atoms with Gasteiger partial charge in [0.1, 0.15) is 11.6 Å². The van der Waals surface area contributed by atoms with Crippen molar-refractivity contribution in [3.63, 3.8) is 0 Å². The van der Waals surface area contributed by atoms with Crippen LogP contribution < -0.4 is 10.6 Å². The molecule has 126 valence electrons. The molecule has 7 heteroatoms. The highest BCUT2D eigenvalue weighted by Crippen LogP contribution is 2.11. The molecule has 0 bridgehead atoms. The van der Waals surface area contributed by atoms with Crippen LogP contribution in [0.1, 0.15) is 15.9 Å². The molecule has 0 atom stereocenters. The minimum Gasteiger partial charge on any atom is -0.465 e. The number of anilines is 1. The fourth-order valence-electron chi connectivity index (χ4n) is 1.90. The van der Waals surface area contributed by atoms with E-state index in [2.05, 4.69) is 20.4 Å². The number of rotatable bonds is 6. The second-order valence-electron chi connectivity index (χ2n) is 4.93. The number of aromatic nitrogens is 1. The molecule has 0 saturated heterocycles. The van der Waals surface area contributed by atoms with Crippen LogP contribution in [0.2, 0.25) is 0 Å². The van der Waals surface area contributed by atoms with Gasteiger partial charge in [0.2, 0.25) is 0 Å². The molecule has 2 aromatic rings. The van der Waals surface area contributed by atoms with E-state index in [-0.39, 0.29) is 12.1 Å². The van der Waals surface area contributed by atoms with E-state index in [1.54, 1.807) is 42.7 Å². The van der Waals surface area contributed by atoms with Gasteiger partial charge in [-0.05, 0) is 35.9 Å². The SMILES string of the molecule is COC(=O)c1ccc(N/C=C(/C#N)C(=O)NCc2cccnc2)cc1. The van der Waals surface area contributed by atoms with Gasteiger partial charge >= 0.3 is 5.97 Å². The molecular formula is C18H16N4O3. The number of amides is 1. The standard InChI is InChI=1S/C18H16N4O3/c1-25-18(24)14-4-6-16(7-5-14)21-12-15(9-19)17(23)22-11-13-3-2-8-20-10-13/h2-8,10,12,21H,11H2,1H3,(H,22,23)/b15-12-. The second-order valence-corrected chi connectivity index (χ2v) is 4.93. The number of hydrogen-bond acceptors (Lipinski definition) is 6. The molecule has 0 saturated carbocycles. The quantitative estimate of drug-likeness (QED) is 0.475. The summed E-state index contributed by atoms with van der Waals surface area (Å²) in [6.45, 7) is 0.277. The number of hydrogen-bond donors (Lipinski definition) is 2. The summed E-state index contributed by atoms with van der Waals surface area (Å²) in [5.41, 5.74) is 1.80. The van der Waals surface area contributed by atoms with E-state index >= 15 is 0 Å². The number of carbonyl (C=O) groups excluding carboxylic acids is 2. The monoisotopic (exact) mass is 336 g/mol. The summed E-state index contributed by atoms with van der Waals surface area (Å²) < 4.78 is 4.61. The van der Waals surface area contributed by atoms with Gasteiger partial charge in [-0.1, -0.05) is 6.07 Å². The van der Waals surface area contributed by atoms with Crippen molar-refractivity contribution in [1.82, 2.24) is 10.3 Å². The zero-order valence-corrected chi connectivity index (χ0v) is 13.5. The molecule has 2 rings (SSSR count). The van der Waals surface area contributed by atoms with Crippen LogP contribution in [-0.2, 0) is 16.1 Å². The van der Waals surface area contributed by atoms with Crippen LogP contribution in [-0.4, -0.2) is 24.0 Å². The molecule has 0 aliphatic heterocycles. The smallest absolute Gasteiger partial charge is 0.337 e. The number of benzene rings is 1. The summed E-state index contributed by atoms with van der Waals surface area (Å²) in [7, 11) is 1.31. The normalized spacial score (nSPS) is 10.5.